The lowest BCUT2D eigenvalue weighted by atomic mass is 10.1. The molecule has 2 fully saturated rings. The van der Waals surface area contributed by atoms with E-state index in [9.17, 15) is 9.59 Å². The highest BCUT2D eigenvalue weighted by atomic mass is 16.4. The molecule has 0 spiro atoms. The van der Waals surface area contributed by atoms with Gasteiger partial charge in [0.15, 0.2) is 0 Å². The zero-order valence-electron chi connectivity index (χ0n) is 11.2. The monoisotopic (exact) mass is 275 g/mol. The minimum atomic E-state index is -1.11. The van der Waals surface area contributed by atoms with Crippen LogP contribution in [-0.4, -0.2) is 64.0 Å². The Morgan fingerprint density at radius 1 is 1.30 bits per heavy atom. The van der Waals surface area contributed by atoms with Gasteiger partial charge in [0.05, 0.1) is 5.56 Å². The third-order valence-electron chi connectivity index (χ3n) is 4.12. The van der Waals surface area contributed by atoms with Crippen LogP contribution in [-0.2, 0) is 0 Å². The predicted molar refractivity (Wildman–Crippen MR) is 71.7 cm³/mol. The molecule has 2 aliphatic rings. The zero-order valence-corrected chi connectivity index (χ0v) is 11.2. The van der Waals surface area contributed by atoms with Crippen LogP contribution < -0.4 is 0 Å². The van der Waals surface area contributed by atoms with Gasteiger partial charge in [0.2, 0.25) is 0 Å². The maximum Gasteiger partial charge on any atom is 0.338 e. The smallest absolute Gasteiger partial charge is 0.338 e. The summed E-state index contributed by atoms with van der Waals surface area (Å²) in [5.41, 5.74) is 0.0257. The molecule has 106 valence electrons. The Kier molecular flexibility index (Phi) is 3.40. The SMILES string of the molecule is O=C(O)c1cccnc1C(=O)N1CCN2CCCC2C1. The Labute approximate surface area is 117 Å². The number of piperazine rings is 1. The molecule has 0 aliphatic carbocycles. The van der Waals surface area contributed by atoms with Crippen LogP contribution in [0.2, 0.25) is 0 Å². The summed E-state index contributed by atoms with van der Waals surface area (Å²) >= 11 is 0. The summed E-state index contributed by atoms with van der Waals surface area (Å²) in [5, 5.41) is 9.14. The van der Waals surface area contributed by atoms with Crippen LogP contribution >= 0.6 is 0 Å². The van der Waals surface area contributed by atoms with E-state index in [-0.39, 0.29) is 17.2 Å². The first-order valence-electron chi connectivity index (χ1n) is 6.88. The van der Waals surface area contributed by atoms with Gasteiger partial charge in [0.1, 0.15) is 5.69 Å². The zero-order chi connectivity index (χ0) is 14.1. The normalized spacial score (nSPS) is 22.6. The molecule has 1 aromatic heterocycles. The number of aromatic carboxylic acids is 1. The maximum atomic E-state index is 12.5. The van der Waals surface area contributed by atoms with Gasteiger partial charge in [0.25, 0.3) is 5.91 Å². The second-order valence-corrected chi connectivity index (χ2v) is 5.29. The van der Waals surface area contributed by atoms with Crippen LogP contribution in [0.25, 0.3) is 0 Å². The van der Waals surface area contributed by atoms with Crippen molar-refractivity contribution in [2.24, 2.45) is 0 Å². The largest absolute Gasteiger partial charge is 0.478 e. The van der Waals surface area contributed by atoms with Gasteiger partial charge >= 0.3 is 5.97 Å². The fourth-order valence-electron chi connectivity index (χ4n) is 3.07. The van der Waals surface area contributed by atoms with E-state index in [2.05, 4.69) is 9.88 Å². The Hall–Kier alpha value is -1.95. The van der Waals surface area contributed by atoms with Gasteiger partial charge in [-0.25, -0.2) is 4.79 Å². The summed E-state index contributed by atoms with van der Waals surface area (Å²) < 4.78 is 0. The molecular weight excluding hydrogens is 258 g/mol. The van der Waals surface area contributed by atoms with Crippen LogP contribution in [0.15, 0.2) is 18.3 Å². The number of pyridine rings is 1. The quantitative estimate of drug-likeness (QED) is 0.860. The molecule has 0 bridgehead atoms. The van der Waals surface area contributed by atoms with E-state index in [0.717, 1.165) is 19.5 Å². The minimum absolute atomic E-state index is 0.0219. The molecule has 0 radical (unpaired) electrons. The number of carboxylic acid groups (broad SMARTS) is 1. The van der Waals surface area contributed by atoms with Crippen molar-refractivity contribution in [3.8, 4) is 0 Å². The van der Waals surface area contributed by atoms with E-state index >= 15 is 0 Å². The number of carboxylic acids is 1. The maximum absolute atomic E-state index is 12.5. The summed E-state index contributed by atoms with van der Waals surface area (Å²) in [6.07, 6.45) is 3.75. The molecule has 20 heavy (non-hydrogen) atoms. The predicted octanol–water partition coefficient (Wildman–Crippen LogP) is 0.700. The molecule has 1 N–H and O–H groups in total. The molecule has 0 aromatic carbocycles. The molecule has 3 rings (SSSR count). The number of carbonyl (C=O) groups excluding carboxylic acids is 1. The number of aromatic nitrogens is 1. The Bertz CT molecular complexity index is 546. The van der Waals surface area contributed by atoms with Gasteiger partial charge in [-0.15, -0.1) is 0 Å². The van der Waals surface area contributed by atoms with Crippen LogP contribution in [0.3, 0.4) is 0 Å². The van der Waals surface area contributed by atoms with Crippen molar-refractivity contribution in [2.45, 2.75) is 18.9 Å². The molecular formula is C14H17N3O3. The highest BCUT2D eigenvalue weighted by Gasteiger charge is 2.34. The molecule has 1 aromatic rings. The average molecular weight is 275 g/mol. The number of carbonyl (C=O) groups is 2. The number of nitrogens with zero attached hydrogens (tertiary/aromatic N) is 3. The summed E-state index contributed by atoms with van der Waals surface area (Å²) in [6.45, 7) is 3.29. The van der Waals surface area contributed by atoms with Gasteiger partial charge in [-0.2, -0.15) is 0 Å². The summed E-state index contributed by atoms with van der Waals surface area (Å²) in [7, 11) is 0. The summed E-state index contributed by atoms with van der Waals surface area (Å²) in [5.74, 6) is -1.38. The van der Waals surface area contributed by atoms with Crippen LogP contribution in [0.4, 0.5) is 0 Å². The number of hydrogen-bond acceptors (Lipinski definition) is 4. The molecule has 1 atom stereocenters. The van der Waals surface area contributed by atoms with E-state index in [1.807, 2.05) is 0 Å². The van der Waals surface area contributed by atoms with Gasteiger partial charge < -0.3 is 10.0 Å². The minimum Gasteiger partial charge on any atom is -0.478 e. The highest BCUT2D eigenvalue weighted by Crippen LogP contribution is 2.22. The number of amides is 1. The molecule has 2 aliphatic heterocycles. The lowest BCUT2D eigenvalue weighted by molar-refractivity contribution is 0.0553. The number of rotatable bonds is 2. The number of fused-ring (bicyclic) bond motifs is 1. The Balaban J connectivity index is 1.81. The lowest BCUT2D eigenvalue weighted by Crippen LogP contribution is -2.52. The van der Waals surface area contributed by atoms with Crippen molar-refractivity contribution in [3.05, 3.63) is 29.6 Å². The second-order valence-electron chi connectivity index (χ2n) is 5.29. The summed E-state index contributed by atoms with van der Waals surface area (Å²) in [4.78, 5) is 31.8. The third-order valence-corrected chi connectivity index (χ3v) is 4.12. The topological polar surface area (TPSA) is 73.7 Å². The Morgan fingerprint density at radius 2 is 2.15 bits per heavy atom. The molecule has 6 nitrogen and oxygen atoms in total. The van der Waals surface area contributed by atoms with Crippen molar-refractivity contribution in [1.82, 2.24) is 14.8 Å². The van der Waals surface area contributed by atoms with E-state index < -0.39 is 5.97 Å². The van der Waals surface area contributed by atoms with Crippen molar-refractivity contribution < 1.29 is 14.7 Å². The Morgan fingerprint density at radius 3 is 2.95 bits per heavy atom. The molecule has 1 amide bonds. The fraction of sp³-hybridized carbons (Fsp3) is 0.500. The molecule has 6 heteroatoms. The van der Waals surface area contributed by atoms with Crippen LogP contribution in [0.5, 0.6) is 0 Å². The van der Waals surface area contributed by atoms with Crippen molar-refractivity contribution in [3.63, 3.8) is 0 Å². The number of hydrogen-bond donors (Lipinski definition) is 1. The van der Waals surface area contributed by atoms with Gasteiger partial charge in [-0.1, -0.05) is 0 Å². The van der Waals surface area contributed by atoms with Crippen molar-refractivity contribution in [1.29, 1.82) is 0 Å². The highest BCUT2D eigenvalue weighted by molar-refractivity contribution is 6.03. The first-order chi connectivity index (χ1) is 9.66. The summed E-state index contributed by atoms with van der Waals surface area (Å²) in [6, 6.07) is 3.38. The van der Waals surface area contributed by atoms with Gasteiger partial charge in [0, 0.05) is 31.9 Å². The molecule has 2 saturated heterocycles. The second kappa shape index (κ2) is 5.20. The van der Waals surface area contributed by atoms with Gasteiger partial charge in [-0.3, -0.25) is 14.7 Å². The molecule has 1 unspecified atom stereocenters. The molecule has 0 saturated carbocycles. The van der Waals surface area contributed by atoms with Gasteiger partial charge in [-0.05, 0) is 31.5 Å². The molecule has 3 heterocycles. The van der Waals surface area contributed by atoms with Crippen molar-refractivity contribution in [2.75, 3.05) is 26.2 Å². The van der Waals surface area contributed by atoms with Crippen LogP contribution in [0.1, 0.15) is 33.7 Å². The van der Waals surface area contributed by atoms with E-state index in [4.69, 9.17) is 5.11 Å². The van der Waals surface area contributed by atoms with E-state index in [1.54, 1.807) is 4.90 Å². The standard InChI is InChI=1S/C14H17N3O3/c18-13(12-11(14(19)20)4-1-5-15-12)17-8-7-16-6-2-3-10(16)9-17/h1,4-5,10H,2-3,6-9H2,(H,19,20). The first-order valence-corrected chi connectivity index (χ1v) is 6.88. The van der Waals surface area contributed by atoms with Crippen molar-refractivity contribution >= 4 is 11.9 Å². The lowest BCUT2D eigenvalue weighted by Gasteiger charge is -2.37. The fourth-order valence-corrected chi connectivity index (χ4v) is 3.07. The van der Waals surface area contributed by atoms with E-state index in [0.29, 0.717) is 19.1 Å². The average Bonchev–Trinajstić information content (AvgIpc) is 2.93. The van der Waals surface area contributed by atoms with Crippen LogP contribution in [0, 0.1) is 0 Å². The third kappa shape index (κ3) is 2.27. The first kappa shape index (κ1) is 13.1. The van der Waals surface area contributed by atoms with E-state index in [1.165, 1.54) is 24.8 Å².